The number of fused-ring (bicyclic) bond motifs is 3. The summed E-state index contributed by atoms with van der Waals surface area (Å²) >= 11 is 0. The van der Waals surface area contributed by atoms with Crippen LogP contribution in [-0.4, -0.2) is 32.8 Å². The molecular formula is C18H15Cl2LiMgN2. The second kappa shape index (κ2) is 10.6. The third kappa shape index (κ3) is 4.61. The molecule has 1 aromatic heterocycles. The van der Waals surface area contributed by atoms with Gasteiger partial charge in [-0.2, -0.15) is 5.56 Å². The van der Waals surface area contributed by atoms with Crippen molar-refractivity contribution < 1.29 is 43.7 Å². The van der Waals surface area contributed by atoms with Crippen LogP contribution in [0.1, 0.15) is 16.7 Å². The van der Waals surface area contributed by atoms with Crippen LogP contribution in [0, 0.1) is 6.20 Å². The zero-order valence-corrected chi connectivity index (χ0v) is 16.6. The van der Waals surface area contributed by atoms with E-state index in [4.69, 9.17) is 0 Å². The van der Waals surface area contributed by atoms with E-state index in [9.17, 15) is 0 Å². The van der Waals surface area contributed by atoms with Crippen molar-refractivity contribution in [2.24, 2.45) is 0 Å². The molecule has 4 rings (SSSR count). The SMILES string of the molecule is [Cl-].[Cl-].[Li+].[Mg+2].[c-]1nn(Cc2ccccc2)c2c1CCc1ccccc1-2. The van der Waals surface area contributed by atoms with Crippen molar-refractivity contribution >= 4 is 23.1 Å². The van der Waals surface area contributed by atoms with Gasteiger partial charge in [0.15, 0.2) is 0 Å². The minimum absolute atomic E-state index is 0. The predicted molar refractivity (Wildman–Crippen MR) is 85.2 cm³/mol. The molecular weight excluding hydrogens is 346 g/mol. The van der Waals surface area contributed by atoms with Crippen LogP contribution in [0.5, 0.6) is 0 Å². The maximum absolute atomic E-state index is 4.48. The predicted octanol–water partition coefficient (Wildman–Crippen LogP) is -5.87. The Morgan fingerprint density at radius 3 is 2.33 bits per heavy atom. The normalized spacial score (nSPS) is 10.7. The molecule has 0 bridgehead atoms. The van der Waals surface area contributed by atoms with Crippen LogP contribution in [0.25, 0.3) is 11.3 Å². The molecule has 3 aromatic rings. The molecule has 0 spiro atoms. The third-order valence-electron chi connectivity index (χ3n) is 3.94. The summed E-state index contributed by atoms with van der Waals surface area (Å²) in [6, 6.07) is 19.1. The first-order valence-corrected chi connectivity index (χ1v) is 7.01. The molecule has 1 heterocycles. The summed E-state index contributed by atoms with van der Waals surface area (Å²) < 4.78 is 2.09. The largest absolute Gasteiger partial charge is 2.00 e. The maximum atomic E-state index is 4.48. The Kier molecular flexibility index (Phi) is 10.4. The number of aryl methyl sites for hydroxylation is 2. The van der Waals surface area contributed by atoms with Crippen LogP contribution < -0.4 is 43.7 Å². The first kappa shape index (κ1) is 23.6. The molecule has 2 aromatic carbocycles. The van der Waals surface area contributed by atoms with Crippen molar-refractivity contribution in [3.8, 4) is 11.3 Å². The summed E-state index contributed by atoms with van der Waals surface area (Å²) in [6.45, 7) is 0.807. The second-order valence-corrected chi connectivity index (χ2v) is 5.24. The number of rotatable bonds is 2. The standard InChI is InChI=1S/C18H15N2.2ClH.Li.Mg/c1-2-6-14(7-3-1)13-20-18-16(12-19-20)11-10-15-8-4-5-9-17(15)18;;;;/h1-9H,10-11,13H2;2*1H;;/q-1;;;+1;+2/p-2. The van der Waals surface area contributed by atoms with E-state index in [0.717, 1.165) is 19.4 Å². The molecule has 1 aliphatic carbocycles. The molecule has 2 nitrogen and oxygen atoms in total. The van der Waals surface area contributed by atoms with Gasteiger partial charge in [0.25, 0.3) is 0 Å². The molecule has 0 saturated heterocycles. The van der Waals surface area contributed by atoms with Crippen LogP contribution in [0.2, 0.25) is 0 Å². The van der Waals surface area contributed by atoms with Crippen LogP contribution in [0.4, 0.5) is 0 Å². The number of halogens is 2. The molecule has 0 fully saturated rings. The van der Waals surface area contributed by atoms with E-state index in [0.29, 0.717) is 0 Å². The number of nitrogens with zero attached hydrogens (tertiary/aromatic N) is 2. The fraction of sp³-hybridized carbons (Fsp3) is 0.167. The minimum Gasteiger partial charge on any atom is -1.00 e. The average molecular weight is 361 g/mol. The molecule has 24 heavy (non-hydrogen) atoms. The molecule has 0 amide bonds. The summed E-state index contributed by atoms with van der Waals surface area (Å²) in [7, 11) is 0. The number of hydrogen-bond acceptors (Lipinski definition) is 1. The molecule has 6 heteroatoms. The van der Waals surface area contributed by atoms with Crippen molar-refractivity contribution in [3.63, 3.8) is 0 Å². The molecule has 0 unspecified atom stereocenters. The van der Waals surface area contributed by atoms with Gasteiger partial charge in [-0.3, -0.25) is 0 Å². The number of hydrogen-bond donors (Lipinski definition) is 0. The molecule has 114 valence electrons. The molecule has 0 atom stereocenters. The van der Waals surface area contributed by atoms with E-state index in [-0.39, 0.29) is 66.7 Å². The summed E-state index contributed by atoms with van der Waals surface area (Å²) in [5.41, 5.74) is 6.51. The Labute approximate surface area is 183 Å². The van der Waals surface area contributed by atoms with Crippen LogP contribution in [0.3, 0.4) is 0 Å². The Hall–Kier alpha value is -0.406. The third-order valence-corrected chi connectivity index (χ3v) is 3.94. The fourth-order valence-corrected chi connectivity index (χ4v) is 2.96. The van der Waals surface area contributed by atoms with Gasteiger partial charge in [0.05, 0.1) is 0 Å². The zero-order valence-electron chi connectivity index (χ0n) is 13.7. The van der Waals surface area contributed by atoms with Gasteiger partial charge in [0.2, 0.25) is 0 Å². The zero-order chi connectivity index (χ0) is 13.4. The second-order valence-electron chi connectivity index (χ2n) is 5.24. The molecule has 0 N–H and O–H groups in total. The Morgan fingerprint density at radius 1 is 0.917 bits per heavy atom. The molecule has 0 radical (unpaired) electrons. The first-order chi connectivity index (χ1) is 9.92. The van der Waals surface area contributed by atoms with Gasteiger partial charge >= 0.3 is 41.9 Å². The van der Waals surface area contributed by atoms with Gasteiger partial charge in [-0.1, -0.05) is 77.8 Å². The van der Waals surface area contributed by atoms with Crippen LogP contribution in [-0.2, 0) is 19.4 Å². The quantitative estimate of drug-likeness (QED) is 0.329. The van der Waals surface area contributed by atoms with Gasteiger partial charge in [-0.25, -0.2) is 0 Å². The van der Waals surface area contributed by atoms with E-state index in [1.807, 2.05) is 6.07 Å². The molecule has 1 aliphatic rings. The van der Waals surface area contributed by atoms with E-state index in [1.165, 1.54) is 27.9 Å². The van der Waals surface area contributed by atoms with Gasteiger partial charge in [-0.05, 0) is 12.0 Å². The number of aromatic nitrogens is 2. The first-order valence-electron chi connectivity index (χ1n) is 7.01. The van der Waals surface area contributed by atoms with Crippen molar-refractivity contribution in [3.05, 3.63) is 77.5 Å². The monoisotopic (exact) mass is 360 g/mol. The van der Waals surface area contributed by atoms with Gasteiger partial charge in [-0.15, -0.1) is 6.20 Å². The molecule has 0 aliphatic heterocycles. The topological polar surface area (TPSA) is 17.8 Å². The maximum Gasteiger partial charge on any atom is 2.00 e. The van der Waals surface area contributed by atoms with Crippen LogP contribution >= 0.6 is 0 Å². The summed E-state index contributed by atoms with van der Waals surface area (Å²) in [5, 5.41) is 4.48. The van der Waals surface area contributed by atoms with Crippen LogP contribution in [0.15, 0.2) is 54.6 Å². The van der Waals surface area contributed by atoms with E-state index in [2.05, 4.69) is 64.5 Å². The van der Waals surface area contributed by atoms with E-state index < -0.39 is 0 Å². The van der Waals surface area contributed by atoms with Crippen molar-refractivity contribution in [1.29, 1.82) is 0 Å². The van der Waals surface area contributed by atoms with E-state index >= 15 is 0 Å². The van der Waals surface area contributed by atoms with Crippen molar-refractivity contribution in [2.45, 2.75) is 19.4 Å². The number of benzene rings is 2. The Morgan fingerprint density at radius 2 is 1.58 bits per heavy atom. The van der Waals surface area contributed by atoms with Gasteiger partial charge < -0.3 is 34.6 Å². The average Bonchev–Trinajstić information content (AvgIpc) is 2.92. The summed E-state index contributed by atoms with van der Waals surface area (Å²) in [5.74, 6) is 0. The Bertz CT molecular complexity index is 763. The minimum atomic E-state index is 0. The smallest absolute Gasteiger partial charge is 1.00 e. The van der Waals surface area contributed by atoms with Crippen molar-refractivity contribution in [1.82, 2.24) is 9.78 Å². The van der Waals surface area contributed by atoms with Crippen molar-refractivity contribution in [2.75, 3.05) is 0 Å². The molecule has 0 saturated carbocycles. The van der Waals surface area contributed by atoms with E-state index in [1.54, 1.807) is 0 Å². The van der Waals surface area contributed by atoms with Gasteiger partial charge in [0, 0.05) is 6.54 Å². The fourth-order valence-electron chi connectivity index (χ4n) is 2.96. The van der Waals surface area contributed by atoms with Gasteiger partial charge in [0.1, 0.15) is 0 Å². The summed E-state index contributed by atoms with van der Waals surface area (Å²) in [6.07, 6.45) is 5.34. The summed E-state index contributed by atoms with van der Waals surface area (Å²) in [4.78, 5) is 0. The Balaban J connectivity index is 0.00000132.